The number of fused-ring (bicyclic) bond motifs is 1. The van der Waals surface area contributed by atoms with Crippen molar-refractivity contribution in [1.82, 2.24) is 0 Å². The Kier molecular flexibility index (Phi) is 2.64. The minimum absolute atomic E-state index is 0.332. The molecule has 1 heteroatoms. The molecule has 0 spiro atoms. The standard InChI is InChI=1S/C14H18O/c1-4-10-5-6-11-12(9(2)3)8-14(15)13(11)7-10/h5-7,9,12H,4,8H2,1-3H3. The molecule has 0 bridgehead atoms. The first-order valence-electron chi connectivity index (χ1n) is 5.79. The third-order valence-corrected chi connectivity index (χ3v) is 3.44. The summed E-state index contributed by atoms with van der Waals surface area (Å²) < 4.78 is 0. The first-order valence-corrected chi connectivity index (χ1v) is 5.79. The highest BCUT2D eigenvalue weighted by molar-refractivity contribution is 6.01. The summed E-state index contributed by atoms with van der Waals surface area (Å²) >= 11 is 0. The lowest BCUT2D eigenvalue weighted by Crippen LogP contribution is -2.02. The number of Topliss-reactive ketones (excluding diaryl/α,β-unsaturated/α-hetero) is 1. The van der Waals surface area contributed by atoms with Gasteiger partial charge >= 0.3 is 0 Å². The molecule has 0 saturated heterocycles. The predicted octanol–water partition coefficient (Wildman–Crippen LogP) is 3.58. The Balaban J connectivity index is 2.45. The van der Waals surface area contributed by atoms with Gasteiger partial charge in [-0.15, -0.1) is 0 Å². The van der Waals surface area contributed by atoms with E-state index in [0.717, 1.165) is 12.0 Å². The average molecular weight is 202 g/mol. The molecule has 1 aromatic carbocycles. The van der Waals surface area contributed by atoms with Crippen LogP contribution in [0.1, 0.15) is 54.6 Å². The maximum atomic E-state index is 11.8. The van der Waals surface area contributed by atoms with Gasteiger partial charge in [-0.3, -0.25) is 4.79 Å². The summed E-state index contributed by atoms with van der Waals surface area (Å²) in [6.45, 7) is 6.52. The lowest BCUT2D eigenvalue weighted by Gasteiger charge is -2.14. The first-order chi connectivity index (χ1) is 7.13. The van der Waals surface area contributed by atoms with Crippen LogP contribution in [0.5, 0.6) is 0 Å². The monoisotopic (exact) mass is 202 g/mol. The maximum Gasteiger partial charge on any atom is 0.163 e. The number of benzene rings is 1. The molecular formula is C14H18O. The molecule has 1 aliphatic rings. The van der Waals surface area contributed by atoms with Crippen LogP contribution in [-0.2, 0) is 6.42 Å². The second-order valence-corrected chi connectivity index (χ2v) is 4.75. The van der Waals surface area contributed by atoms with Crippen molar-refractivity contribution in [3.05, 3.63) is 34.9 Å². The van der Waals surface area contributed by atoms with Gasteiger partial charge in [-0.25, -0.2) is 0 Å². The van der Waals surface area contributed by atoms with Crippen LogP contribution >= 0.6 is 0 Å². The van der Waals surface area contributed by atoms with Gasteiger partial charge in [0.2, 0.25) is 0 Å². The van der Waals surface area contributed by atoms with Crippen LogP contribution in [0.4, 0.5) is 0 Å². The Bertz CT molecular complexity index is 390. The summed E-state index contributed by atoms with van der Waals surface area (Å²) in [7, 11) is 0. The zero-order valence-electron chi connectivity index (χ0n) is 9.71. The summed E-state index contributed by atoms with van der Waals surface area (Å²) in [5.74, 6) is 1.33. The molecule has 0 fully saturated rings. The maximum absolute atomic E-state index is 11.8. The number of carbonyl (C=O) groups excluding carboxylic acids is 1. The summed E-state index contributed by atoms with van der Waals surface area (Å²) in [5.41, 5.74) is 3.52. The topological polar surface area (TPSA) is 17.1 Å². The van der Waals surface area contributed by atoms with Gasteiger partial charge in [0.25, 0.3) is 0 Å². The number of hydrogen-bond donors (Lipinski definition) is 0. The number of carbonyl (C=O) groups is 1. The number of rotatable bonds is 2. The van der Waals surface area contributed by atoms with Gasteiger partial charge in [0.05, 0.1) is 0 Å². The molecule has 0 saturated carbocycles. The van der Waals surface area contributed by atoms with E-state index in [1.54, 1.807) is 0 Å². The fourth-order valence-electron chi connectivity index (χ4n) is 2.40. The highest BCUT2D eigenvalue weighted by Crippen LogP contribution is 2.38. The number of hydrogen-bond acceptors (Lipinski definition) is 1. The normalized spacial score (nSPS) is 19.7. The second kappa shape index (κ2) is 3.80. The van der Waals surface area contributed by atoms with Crippen LogP contribution in [-0.4, -0.2) is 5.78 Å². The quantitative estimate of drug-likeness (QED) is 0.716. The molecule has 1 atom stereocenters. The van der Waals surface area contributed by atoms with Crippen molar-refractivity contribution in [2.45, 2.75) is 39.5 Å². The van der Waals surface area contributed by atoms with Crippen LogP contribution in [0.15, 0.2) is 18.2 Å². The fourth-order valence-corrected chi connectivity index (χ4v) is 2.40. The molecular weight excluding hydrogens is 184 g/mol. The van der Waals surface area contributed by atoms with E-state index < -0.39 is 0 Å². The van der Waals surface area contributed by atoms with E-state index in [9.17, 15) is 4.79 Å². The van der Waals surface area contributed by atoms with Crippen LogP contribution < -0.4 is 0 Å². The van der Waals surface area contributed by atoms with Crippen molar-refractivity contribution in [2.24, 2.45) is 5.92 Å². The van der Waals surface area contributed by atoms with Gasteiger partial charge in [0, 0.05) is 12.0 Å². The third kappa shape index (κ3) is 1.71. The lowest BCUT2D eigenvalue weighted by atomic mass is 9.90. The minimum Gasteiger partial charge on any atom is -0.294 e. The second-order valence-electron chi connectivity index (χ2n) is 4.75. The molecule has 15 heavy (non-hydrogen) atoms. The van der Waals surface area contributed by atoms with E-state index in [1.807, 2.05) is 0 Å². The molecule has 0 aliphatic heterocycles. The Hall–Kier alpha value is -1.11. The molecule has 2 rings (SSSR count). The van der Waals surface area contributed by atoms with Gasteiger partial charge < -0.3 is 0 Å². The average Bonchev–Trinajstić information content (AvgIpc) is 2.56. The van der Waals surface area contributed by atoms with Crippen molar-refractivity contribution in [3.63, 3.8) is 0 Å². The van der Waals surface area contributed by atoms with Crippen LogP contribution in [0.25, 0.3) is 0 Å². The summed E-state index contributed by atoms with van der Waals surface area (Å²) in [5, 5.41) is 0. The SMILES string of the molecule is CCc1ccc2c(c1)C(=O)CC2C(C)C. The zero-order chi connectivity index (χ0) is 11.0. The van der Waals surface area contributed by atoms with E-state index in [1.165, 1.54) is 11.1 Å². The van der Waals surface area contributed by atoms with Crippen molar-refractivity contribution in [2.75, 3.05) is 0 Å². The molecule has 1 nitrogen and oxygen atoms in total. The number of ketones is 1. The molecule has 1 aliphatic carbocycles. The van der Waals surface area contributed by atoms with Crippen molar-refractivity contribution in [1.29, 1.82) is 0 Å². The van der Waals surface area contributed by atoms with E-state index in [4.69, 9.17) is 0 Å². The van der Waals surface area contributed by atoms with Gasteiger partial charge in [-0.2, -0.15) is 0 Å². The molecule has 1 aromatic rings. The highest BCUT2D eigenvalue weighted by Gasteiger charge is 2.30. The third-order valence-electron chi connectivity index (χ3n) is 3.44. The molecule has 0 aromatic heterocycles. The summed E-state index contributed by atoms with van der Waals surface area (Å²) in [6.07, 6.45) is 1.72. The number of aryl methyl sites for hydroxylation is 1. The van der Waals surface area contributed by atoms with Crippen LogP contribution in [0.2, 0.25) is 0 Å². The largest absolute Gasteiger partial charge is 0.294 e. The summed E-state index contributed by atoms with van der Waals surface area (Å²) in [6, 6.07) is 6.40. The summed E-state index contributed by atoms with van der Waals surface area (Å²) in [4.78, 5) is 11.8. The Labute approximate surface area is 91.5 Å². The van der Waals surface area contributed by atoms with Crippen molar-refractivity contribution < 1.29 is 4.79 Å². The van der Waals surface area contributed by atoms with Gasteiger partial charge in [0.15, 0.2) is 5.78 Å². The Morgan fingerprint density at radius 2 is 2.13 bits per heavy atom. The Morgan fingerprint density at radius 3 is 2.73 bits per heavy atom. The smallest absolute Gasteiger partial charge is 0.163 e. The van der Waals surface area contributed by atoms with Gasteiger partial charge in [0.1, 0.15) is 0 Å². The molecule has 1 unspecified atom stereocenters. The highest BCUT2D eigenvalue weighted by atomic mass is 16.1. The van der Waals surface area contributed by atoms with Crippen LogP contribution in [0, 0.1) is 5.92 Å². The van der Waals surface area contributed by atoms with E-state index in [2.05, 4.69) is 39.0 Å². The molecule has 80 valence electrons. The van der Waals surface area contributed by atoms with Gasteiger partial charge in [-0.1, -0.05) is 32.9 Å². The predicted molar refractivity (Wildman–Crippen MR) is 62.3 cm³/mol. The molecule has 0 heterocycles. The minimum atomic E-state index is 0.332. The lowest BCUT2D eigenvalue weighted by molar-refractivity contribution is 0.0984. The first kappa shape index (κ1) is 10.4. The van der Waals surface area contributed by atoms with E-state index >= 15 is 0 Å². The Morgan fingerprint density at radius 1 is 1.40 bits per heavy atom. The molecule has 0 N–H and O–H groups in total. The van der Waals surface area contributed by atoms with Gasteiger partial charge in [-0.05, 0) is 35.4 Å². The van der Waals surface area contributed by atoms with Crippen LogP contribution in [0.3, 0.4) is 0 Å². The van der Waals surface area contributed by atoms with E-state index in [-0.39, 0.29) is 0 Å². The zero-order valence-corrected chi connectivity index (χ0v) is 9.71. The van der Waals surface area contributed by atoms with Crippen molar-refractivity contribution >= 4 is 5.78 Å². The fraction of sp³-hybridized carbons (Fsp3) is 0.500. The van der Waals surface area contributed by atoms with Crippen molar-refractivity contribution in [3.8, 4) is 0 Å². The van der Waals surface area contributed by atoms with E-state index in [0.29, 0.717) is 24.0 Å². The molecule has 0 radical (unpaired) electrons. The molecule has 0 amide bonds.